The normalized spacial score (nSPS) is 24.1. The van der Waals surface area contributed by atoms with E-state index in [-0.39, 0.29) is 17.9 Å². The van der Waals surface area contributed by atoms with Crippen molar-refractivity contribution in [2.24, 2.45) is 5.92 Å². The Bertz CT molecular complexity index is 464. The molecule has 5 heteroatoms. The monoisotopic (exact) mass is 375 g/mol. The average molecular weight is 377 g/mol. The van der Waals surface area contributed by atoms with Crippen molar-refractivity contribution in [2.75, 3.05) is 13.1 Å². The van der Waals surface area contributed by atoms with E-state index in [9.17, 15) is 9.90 Å². The standard InChI is InChI=1S/C13H15Br2NO2/c1-8-7-16(5-4-12(8)17)13(18)10-6-9(14)2-3-11(10)15/h2-3,6,8,12,17H,4-5,7H2,1H3. The molecule has 0 radical (unpaired) electrons. The number of aliphatic hydroxyl groups is 1. The summed E-state index contributed by atoms with van der Waals surface area (Å²) in [7, 11) is 0. The number of hydrogen-bond acceptors (Lipinski definition) is 2. The second-order valence-electron chi connectivity index (χ2n) is 4.71. The SMILES string of the molecule is CC1CN(C(=O)c2cc(Br)ccc2Br)CCC1O. The van der Waals surface area contributed by atoms with E-state index in [4.69, 9.17) is 0 Å². The van der Waals surface area contributed by atoms with Crippen LogP contribution in [0.4, 0.5) is 0 Å². The molecular weight excluding hydrogens is 362 g/mol. The maximum atomic E-state index is 12.4. The number of halogens is 2. The van der Waals surface area contributed by atoms with Crippen LogP contribution in [0.25, 0.3) is 0 Å². The highest BCUT2D eigenvalue weighted by molar-refractivity contribution is 9.11. The molecule has 1 aliphatic heterocycles. The molecule has 2 unspecified atom stereocenters. The number of hydrogen-bond donors (Lipinski definition) is 1. The molecule has 0 aliphatic carbocycles. The van der Waals surface area contributed by atoms with Crippen molar-refractivity contribution in [3.63, 3.8) is 0 Å². The van der Waals surface area contributed by atoms with Gasteiger partial charge in [-0.3, -0.25) is 4.79 Å². The van der Waals surface area contributed by atoms with Crippen LogP contribution in [0, 0.1) is 5.92 Å². The first-order valence-electron chi connectivity index (χ1n) is 5.91. The van der Waals surface area contributed by atoms with Crippen molar-refractivity contribution in [2.45, 2.75) is 19.4 Å². The van der Waals surface area contributed by atoms with E-state index in [2.05, 4.69) is 31.9 Å². The summed E-state index contributed by atoms with van der Waals surface area (Å²) in [6, 6.07) is 5.57. The summed E-state index contributed by atoms with van der Waals surface area (Å²) in [6.07, 6.45) is 0.360. The lowest BCUT2D eigenvalue weighted by atomic mass is 9.96. The number of amides is 1. The molecule has 0 saturated carbocycles. The van der Waals surface area contributed by atoms with Crippen molar-refractivity contribution >= 4 is 37.8 Å². The van der Waals surface area contributed by atoms with Gasteiger partial charge in [0.25, 0.3) is 5.91 Å². The van der Waals surface area contributed by atoms with Crippen molar-refractivity contribution in [1.29, 1.82) is 0 Å². The molecule has 1 aliphatic rings. The molecule has 0 aromatic heterocycles. The zero-order valence-electron chi connectivity index (χ0n) is 10.1. The Hall–Kier alpha value is -0.390. The molecule has 1 fully saturated rings. The largest absolute Gasteiger partial charge is 0.393 e. The van der Waals surface area contributed by atoms with Crippen LogP contribution in [0.5, 0.6) is 0 Å². The van der Waals surface area contributed by atoms with Gasteiger partial charge in [-0.05, 0) is 46.5 Å². The molecular formula is C13H15Br2NO2. The molecule has 1 amide bonds. The second kappa shape index (κ2) is 5.72. The Kier molecular flexibility index (Phi) is 4.45. The van der Waals surface area contributed by atoms with Crippen LogP contribution in [0.2, 0.25) is 0 Å². The molecule has 3 nitrogen and oxygen atoms in total. The third-order valence-electron chi connectivity index (χ3n) is 3.31. The maximum absolute atomic E-state index is 12.4. The van der Waals surface area contributed by atoms with Gasteiger partial charge in [0.2, 0.25) is 0 Å². The summed E-state index contributed by atoms with van der Waals surface area (Å²) in [5, 5.41) is 9.69. The van der Waals surface area contributed by atoms with Crippen LogP contribution in [-0.2, 0) is 0 Å². The first kappa shape index (κ1) is 14.0. The number of carbonyl (C=O) groups excluding carboxylic acids is 1. The van der Waals surface area contributed by atoms with E-state index in [0.717, 1.165) is 8.95 Å². The van der Waals surface area contributed by atoms with Gasteiger partial charge < -0.3 is 10.0 Å². The number of likely N-dealkylation sites (tertiary alicyclic amines) is 1. The molecule has 1 heterocycles. The zero-order chi connectivity index (χ0) is 13.3. The van der Waals surface area contributed by atoms with Crippen LogP contribution in [-0.4, -0.2) is 35.1 Å². The molecule has 98 valence electrons. The topological polar surface area (TPSA) is 40.5 Å². The van der Waals surface area contributed by atoms with Gasteiger partial charge in [0.05, 0.1) is 11.7 Å². The fourth-order valence-corrected chi connectivity index (χ4v) is 2.93. The summed E-state index contributed by atoms with van der Waals surface area (Å²) in [5.41, 5.74) is 0.660. The van der Waals surface area contributed by atoms with Crippen LogP contribution < -0.4 is 0 Å². The van der Waals surface area contributed by atoms with E-state index in [1.807, 2.05) is 30.0 Å². The number of rotatable bonds is 1. The smallest absolute Gasteiger partial charge is 0.255 e. The fraction of sp³-hybridized carbons (Fsp3) is 0.462. The van der Waals surface area contributed by atoms with Gasteiger partial charge >= 0.3 is 0 Å². The number of nitrogens with zero attached hydrogens (tertiary/aromatic N) is 1. The van der Waals surface area contributed by atoms with Gasteiger partial charge in [0, 0.05) is 22.0 Å². The predicted octanol–water partition coefficient (Wildman–Crippen LogP) is 3.05. The van der Waals surface area contributed by atoms with Crippen LogP contribution in [0.1, 0.15) is 23.7 Å². The minimum atomic E-state index is -0.292. The summed E-state index contributed by atoms with van der Waals surface area (Å²) >= 11 is 6.79. The van der Waals surface area contributed by atoms with Gasteiger partial charge in [-0.15, -0.1) is 0 Å². The third-order valence-corrected chi connectivity index (χ3v) is 4.49. The van der Waals surface area contributed by atoms with Gasteiger partial charge in [-0.2, -0.15) is 0 Å². The summed E-state index contributed by atoms with van der Waals surface area (Å²) in [4.78, 5) is 14.2. The fourth-order valence-electron chi connectivity index (χ4n) is 2.15. The van der Waals surface area contributed by atoms with E-state index < -0.39 is 0 Å². The van der Waals surface area contributed by atoms with E-state index in [0.29, 0.717) is 25.1 Å². The highest BCUT2D eigenvalue weighted by Crippen LogP contribution is 2.25. The summed E-state index contributed by atoms with van der Waals surface area (Å²) in [5.74, 6) is 0.149. The average Bonchev–Trinajstić information content (AvgIpc) is 2.35. The van der Waals surface area contributed by atoms with Gasteiger partial charge in [0.15, 0.2) is 0 Å². The van der Waals surface area contributed by atoms with Crippen LogP contribution in [0.15, 0.2) is 27.1 Å². The van der Waals surface area contributed by atoms with Crippen molar-refractivity contribution in [1.82, 2.24) is 4.90 Å². The van der Waals surface area contributed by atoms with E-state index in [1.165, 1.54) is 0 Å². The molecule has 1 aromatic rings. The summed E-state index contributed by atoms with van der Waals surface area (Å²) in [6.45, 7) is 3.20. The number of carbonyl (C=O) groups is 1. The lowest BCUT2D eigenvalue weighted by Crippen LogP contribution is -2.45. The molecule has 1 saturated heterocycles. The Morgan fingerprint density at radius 1 is 1.44 bits per heavy atom. The van der Waals surface area contributed by atoms with Crippen LogP contribution >= 0.6 is 31.9 Å². The van der Waals surface area contributed by atoms with Crippen molar-refractivity contribution in [3.8, 4) is 0 Å². The molecule has 1 aromatic carbocycles. The predicted molar refractivity (Wildman–Crippen MR) is 77.5 cm³/mol. The molecule has 0 bridgehead atoms. The lowest BCUT2D eigenvalue weighted by molar-refractivity contribution is 0.0297. The minimum Gasteiger partial charge on any atom is -0.393 e. The van der Waals surface area contributed by atoms with Crippen molar-refractivity contribution in [3.05, 3.63) is 32.7 Å². The highest BCUT2D eigenvalue weighted by atomic mass is 79.9. The highest BCUT2D eigenvalue weighted by Gasteiger charge is 2.28. The summed E-state index contributed by atoms with van der Waals surface area (Å²) < 4.78 is 1.69. The van der Waals surface area contributed by atoms with Crippen molar-refractivity contribution < 1.29 is 9.90 Å². The second-order valence-corrected chi connectivity index (χ2v) is 6.48. The van der Waals surface area contributed by atoms with Gasteiger partial charge in [-0.25, -0.2) is 0 Å². The Balaban J connectivity index is 2.19. The zero-order valence-corrected chi connectivity index (χ0v) is 13.2. The number of benzene rings is 1. The first-order valence-corrected chi connectivity index (χ1v) is 7.50. The Labute approximate surface area is 123 Å². The first-order chi connectivity index (χ1) is 8.49. The van der Waals surface area contributed by atoms with Gasteiger partial charge in [0.1, 0.15) is 0 Å². The molecule has 0 spiro atoms. The lowest BCUT2D eigenvalue weighted by Gasteiger charge is -2.34. The van der Waals surface area contributed by atoms with Gasteiger partial charge in [-0.1, -0.05) is 22.9 Å². The maximum Gasteiger partial charge on any atom is 0.255 e. The number of piperidine rings is 1. The molecule has 18 heavy (non-hydrogen) atoms. The Morgan fingerprint density at radius 3 is 2.83 bits per heavy atom. The van der Waals surface area contributed by atoms with E-state index in [1.54, 1.807) is 0 Å². The number of aliphatic hydroxyl groups excluding tert-OH is 1. The molecule has 1 N–H and O–H groups in total. The Morgan fingerprint density at radius 2 is 2.17 bits per heavy atom. The van der Waals surface area contributed by atoms with Crippen LogP contribution in [0.3, 0.4) is 0 Å². The minimum absolute atomic E-state index is 0.0157. The molecule has 2 rings (SSSR count). The quantitative estimate of drug-likeness (QED) is 0.818. The molecule has 2 atom stereocenters. The third kappa shape index (κ3) is 2.95. The van der Waals surface area contributed by atoms with E-state index >= 15 is 0 Å².